The van der Waals surface area contributed by atoms with E-state index < -0.39 is 11.6 Å². The van der Waals surface area contributed by atoms with Crippen molar-refractivity contribution in [3.05, 3.63) is 29.8 Å². The van der Waals surface area contributed by atoms with Gasteiger partial charge < -0.3 is 20.1 Å². The summed E-state index contributed by atoms with van der Waals surface area (Å²) in [5.74, 6) is -0.00708. The number of amides is 4. The van der Waals surface area contributed by atoms with Crippen molar-refractivity contribution in [2.75, 3.05) is 26.9 Å². The Morgan fingerprint density at radius 3 is 2.58 bits per heavy atom. The number of carbonyl (C=O) groups excluding carboxylic acids is 3. The van der Waals surface area contributed by atoms with Gasteiger partial charge in [0.2, 0.25) is 5.91 Å². The molecule has 2 aliphatic heterocycles. The van der Waals surface area contributed by atoms with Gasteiger partial charge in [-0.05, 0) is 24.6 Å². The third kappa shape index (κ3) is 3.50. The molecule has 1 atom stereocenters. The number of hydrogen-bond acceptors (Lipinski definition) is 5. The molecule has 2 aliphatic rings. The van der Waals surface area contributed by atoms with Crippen LogP contribution in [-0.2, 0) is 14.3 Å². The second-order valence-electron chi connectivity index (χ2n) is 6.58. The van der Waals surface area contributed by atoms with E-state index in [2.05, 4.69) is 10.6 Å². The third-order valence-electron chi connectivity index (χ3n) is 4.89. The number of benzene rings is 1. The van der Waals surface area contributed by atoms with E-state index in [1.807, 2.05) is 31.2 Å². The molecule has 2 N–H and O–H groups in total. The van der Waals surface area contributed by atoms with E-state index in [0.29, 0.717) is 26.1 Å². The third-order valence-corrected chi connectivity index (χ3v) is 4.89. The first-order valence-corrected chi connectivity index (χ1v) is 8.60. The number of hydrogen-bond donors (Lipinski definition) is 2. The van der Waals surface area contributed by atoms with Crippen molar-refractivity contribution in [2.24, 2.45) is 0 Å². The lowest BCUT2D eigenvalue weighted by Crippen LogP contribution is -2.51. The molecule has 140 valence electrons. The summed E-state index contributed by atoms with van der Waals surface area (Å²) in [6.07, 6.45) is 0.857. The summed E-state index contributed by atoms with van der Waals surface area (Å²) in [5, 5.41) is 5.55. The van der Waals surface area contributed by atoms with Crippen molar-refractivity contribution < 1.29 is 23.9 Å². The summed E-state index contributed by atoms with van der Waals surface area (Å²) < 4.78 is 10.4. The normalized spacial score (nSPS) is 20.0. The highest BCUT2D eigenvalue weighted by atomic mass is 16.5. The van der Waals surface area contributed by atoms with E-state index in [9.17, 15) is 14.4 Å². The van der Waals surface area contributed by atoms with E-state index in [-0.39, 0.29) is 24.4 Å². The standard InChI is InChI=1S/C18H23N3O5/c1-12(13-3-5-14(25-2)6-4-13)19-15(22)11-21-16(23)18(20-17(21)24)7-9-26-10-8-18/h3-6,12H,7-11H2,1-2H3,(H,19,22)(H,20,24)/t12-/m1/s1. The molecule has 3 rings (SSSR count). The van der Waals surface area contributed by atoms with Gasteiger partial charge >= 0.3 is 6.03 Å². The molecule has 2 fully saturated rings. The monoisotopic (exact) mass is 361 g/mol. The number of nitrogens with one attached hydrogen (secondary N) is 2. The van der Waals surface area contributed by atoms with Crippen LogP contribution in [-0.4, -0.2) is 55.2 Å². The maximum absolute atomic E-state index is 12.6. The molecule has 26 heavy (non-hydrogen) atoms. The highest BCUT2D eigenvalue weighted by Gasteiger charge is 2.52. The maximum atomic E-state index is 12.6. The number of ether oxygens (including phenoxy) is 2. The highest BCUT2D eigenvalue weighted by molar-refractivity contribution is 6.09. The van der Waals surface area contributed by atoms with Gasteiger partial charge in [0.05, 0.1) is 13.2 Å². The van der Waals surface area contributed by atoms with Crippen molar-refractivity contribution in [1.29, 1.82) is 0 Å². The zero-order valence-corrected chi connectivity index (χ0v) is 14.9. The molecule has 1 aromatic rings. The van der Waals surface area contributed by atoms with Crippen molar-refractivity contribution in [2.45, 2.75) is 31.3 Å². The minimum atomic E-state index is -0.919. The first-order valence-electron chi connectivity index (χ1n) is 8.60. The van der Waals surface area contributed by atoms with Crippen LogP contribution in [0, 0.1) is 0 Å². The van der Waals surface area contributed by atoms with Gasteiger partial charge in [-0.15, -0.1) is 0 Å². The molecule has 0 aliphatic carbocycles. The molecular formula is C18H23N3O5. The predicted octanol–water partition coefficient (Wildman–Crippen LogP) is 0.973. The number of carbonyl (C=O) groups is 3. The fraction of sp³-hybridized carbons (Fsp3) is 0.500. The topological polar surface area (TPSA) is 97.0 Å². The van der Waals surface area contributed by atoms with E-state index in [1.54, 1.807) is 7.11 Å². The Morgan fingerprint density at radius 2 is 1.96 bits per heavy atom. The average molecular weight is 361 g/mol. The van der Waals surface area contributed by atoms with Crippen LogP contribution in [0.3, 0.4) is 0 Å². The minimum absolute atomic E-state index is 0.258. The summed E-state index contributed by atoms with van der Waals surface area (Å²) in [4.78, 5) is 38.1. The number of methoxy groups -OCH3 is 1. The second kappa shape index (κ2) is 7.33. The van der Waals surface area contributed by atoms with E-state index >= 15 is 0 Å². The van der Waals surface area contributed by atoms with Gasteiger partial charge in [0, 0.05) is 26.1 Å². The molecule has 2 saturated heterocycles. The molecule has 1 spiro atoms. The largest absolute Gasteiger partial charge is 0.497 e. The van der Waals surface area contributed by atoms with Gasteiger partial charge in [-0.3, -0.25) is 14.5 Å². The molecule has 1 aromatic carbocycles. The Hall–Kier alpha value is -2.61. The summed E-state index contributed by atoms with van der Waals surface area (Å²) in [5.41, 5.74) is -0.0192. The average Bonchev–Trinajstić information content (AvgIpc) is 2.86. The van der Waals surface area contributed by atoms with Gasteiger partial charge in [-0.1, -0.05) is 12.1 Å². The van der Waals surface area contributed by atoms with Crippen LogP contribution in [0.2, 0.25) is 0 Å². The molecule has 4 amide bonds. The van der Waals surface area contributed by atoms with Gasteiger partial charge in [0.25, 0.3) is 5.91 Å². The molecule has 8 nitrogen and oxygen atoms in total. The first kappa shape index (κ1) is 18.2. The fourth-order valence-corrected chi connectivity index (χ4v) is 3.29. The molecule has 0 radical (unpaired) electrons. The molecule has 2 heterocycles. The van der Waals surface area contributed by atoms with Crippen molar-refractivity contribution in [1.82, 2.24) is 15.5 Å². The van der Waals surface area contributed by atoms with Crippen molar-refractivity contribution >= 4 is 17.8 Å². The summed E-state index contributed by atoms with van der Waals surface area (Å²) >= 11 is 0. The quantitative estimate of drug-likeness (QED) is 0.762. The Bertz CT molecular complexity index is 697. The fourth-order valence-electron chi connectivity index (χ4n) is 3.29. The van der Waals surface area contributed by atoms with Gasteiger partial charge in [-0.2, -0.15) is 0 Å². The van der Waals surface area contributed by atoms with Gasteiger partial charge in [0.1, 0.15) is 17.8 Å². The van der Waals surface area contributed by atoms with Crippen LogP contribution < -0.4 is 15.4 Å². The second-order valence-corrected chi connectivity index (χ2v) is 6.58. The summed E-state index contributed by atoms with van der Waals surface area (Å²) in [7, 11) is 1.59. The van der Waals surface area contributed by atoms with Crippen molar-refractivity contribution in [3.8, 4) is 5.75 Å². The van der Waals surface area contributed by atoms with E-state index in [4.69, 9.17) is 9.47 Å². The number of imide groups is 1. The lowest BCUT2D eigenvalue weighted by atomic mass is 9.90. The SMILES string of the molecule is COc1ccc([C@@H](C)NC(=O)CN2C(=O)NC3(CCOCC3)C2=O)cc1. The number of rotatable bonds is 5. The Labute approximate surface area is 151 Å². The van der Waals surface area contributed by atoms with Gasteiger partial charge in [-0.25, -0.2) is 4.79 Å². The van der Waals surface area contributed by atoms with Crippen LogP contribution in [0.1, 0.15) is 31.4 Å². The summed E-state index contributed by atoms with van der Waals surface area (Å²) in [6, 6.07) is 6.55. The Morgan fingerprint density at radius 1 is 1.31 bits per heavy atom. The molecule has 0 aromatic heterocycles. The minimum Gasteiger partial charge on any atom is -0.497 e. The molecular weight excluding hydrogens is 338 g/mol. The lowest BCUT2D eigenvalue weighted by molar-refractivity contribution is -0.137. The van der Waals surface area contributed by atoms with Crippen LogP contribution in [0.4, 0.5) is 4.79 Å². The van der Waals surface area contributed by atoms with Crippen LogP contribution in [0.5, 0.6) is 5.75 Å². The highest BCUT2D eigenvalue weighted by Crippen LogP contribution is 2.28. The maximum Gasteiger partial charge on any atom is 0.325 e. The zero-order chi connectivity index (χ0) is 18.7. The summed E-state index contributed by atoms with van der Waals surface area (Å²) in [6.45, 7) is 2.38. The van der Waals surface area contributed by atoms with Crippen LogP contribution in [0.15, 0.2) is 24.3 Å². The van der Waals surface area contributed by atoms with Crippen LogP contribution >= 0.6 is 0 Å². The molecule has 0 unspecified atom stereocenters. The van der Waals surface area contributed by atoms with E-state index in [1.165, 1.54) is 0 Å². The van der Waals surface area contributed by atoms with Crippen LogP contribution in [0.25, 0.3) is 0 Å². The van der Waals surface area contributed by atoms with Crippen molar-refractivity contribution in [3.63, 3.8) is 0 Å². The number of urea groups is 1. The smallest absolute Gasteiger partial charge is 0.325 e. The Kier molecular flexibility index (Phi) is 5.13. The number of nitrogens with zero attached hydrogens (tertiary/aromatic N) is 1. The lowest BCUT2D eigenvalue weighted by Gasteiger charge is -2.30. The first-order chi connectivity index (χ1) is 12.4. The van der Waals surface area contributed by atoms with Gasteiger partial charge in [0.15, 0.2) is 0 Å². The zero-order valence-electron chi connectivity index (χ0n) is 14.9. The molecule has 0 saturated carbocycles. The van der Waals surface area contributed by atoms with E-state index in [0.717, 1.165) is 16.2 Å². The predicted molar refractivity (Wildman–Crippen MR) is 92.6 cm³/mol. The molecule has 0 bridgehead atoms. The molecule has 8 heteroatoms. The Balaban J connectivity index is 1.60.